The van der Waals surface area contributed by atoms with Crippen molar-refractivity contribution in [3.05, 3.63) is 24.2 Å². The summed E-state index contributed by atoms with van der Waals surface area (Å²) < 4.78 is 4.84. The van der Waals surface area contributed by atoms with E-state index in [-0.39, 0.29) is 18.2 Å². The predicted octanol–water partition coefficient (Wildman–Crippen LogP) is -0.650. The zero-order valence-corrected chi connectivity index (χ0v) is 11.3. The normalized spacial score (nSPS) is 26.1. The van der Waals surface area contributed by atoms with Gasteiger partial charge >= 0.3 is 0 Å². The molecule has 1 aliphatic rings. The van der Waals surface area contributed by atoms with Crippen molar-refractivity contribution in [3.8, 4) is 0 Å². The summed E-state index contributed by atoms with van der Waals surface area (Å²) in [5, 5.41) is 22.3. The molecule has 110 valence electrons. The first-order valence-corrected chi connectivity index (χ1v) is 6.41. The number of likely N-dealkylation sites (tertiary alicyclic amines) is 1. The standard InChI is InChI=1S/C13H18N2O5/c1-7(2)14-12(18)10-11(17)9(16)5-15(10)13(19)8-3-4-20-6-8/h3-4,6-7,9-11,16-17H,5H2,1-2H3,(H,14,18)/t9-,10-,11+/m0/s1. The smallest absolute Gasteiger partial charge is 0.257 e. The van der Waals surface area contributed by atoms with E-state index in [1.54, 1.807) is 13.8 Å². The summed E-state index contributed by atoms with van der Waals surface area (Å²) in [6.45, 7) is 3.46. The number of carbonyl (C=O) groups excluding carboxylic acids is 2. The van der Waals surface area contributed by atoms with Crippen LogP contribution in [0, 0.1) is 0 Å². The molecule has 0 aromatic carbocycles. The third kappa shape index (κ3) is 2.68. The number of β-amino-alcohol motifs (C(OH)–C–C–N with tert-alkyl or cyclic N) is 1. The van der Waals surface area contributed by atoms with Crippen molar-refractivity contribution in [2.75, 3.05) is 6.54 Å². The van der Waals surface area contributed by atoms with Gasteiger partial charge in [-0.2, -0.15) is 0 Å². The minimum atomic E-state index is -1.30. The quantitative estimate of drug-likeness (QED) is 0.683. The third-order valence-corrected chi connectivity index (χ3v) is 3.17. The summed E-state index contributed by atoms with van der Waals surface area (Å²) in [7, 11) is 0. The zero-order valence-electron chi connectivity index (χ0n) is 11.3. The number of hydrogen-bond acceptors (Lipinski definition) is 5. The van der Waals surface area contributed by atoms with Crippen LogP contribution in [0.2, 0.25) is 0 Å². The summed E-state index contributed by atoms with van der Waals surface area (Å²) in [5.41, 5.74) is 0.272. The first kappa shape index (κ1) is 14.5. The van der Waals surface area contributed by atoms with Crippen LogP contribution in [-0.2, 0) is 4.79 Å². The molecule has 1 fully saturated rings. The Hall–Kier alpha value is -1.86. The highest BCUT2D eigenvalue weighted by Crippen LogP contribution is 2.22. The number of hydrogen-bond donors (Lipinski definition) is 3. The largest absolute Gasteiger partial charge is 0.472 e. The fourth-order valence-corrected chi connectivity index (χ4v) is 2.25. The molecule has 3 atom stereocenters. The Labute approximate surface area is 116 Å². The van der Waals surface area contributed by atoms with E-state index in [2.05, 4.69) is 5.32 Å². The van der Waals surface area contributed by atoms with E-state index in [1.165, 1.54) is 18.6 Å². The molecule has 0 unspecified atom stereocenters. The molecule has 7 heteroatoms. The zero-order chi connectivity index (χ0) is 14.9. The molecule has 3 N–H and O–H groups in total. The van der Waals surface area contributed by atoms with Crippen LogP contribution in [0.4, 0.5) is 0 Å². The highest BCUT2D eigenvalue weighted by Gasteiger charge is 2.46. The minimum absolute atomic E-state index is 0.0959. The molecule has 1 aliphatic heterocycles. The minimum Gasteiger partial charge on any atom is -0.472 e. The molecule has 20 heavy (non-hydrogen) atoms. The first-order valence-electron chi connectivity index (χ1n) is 6.41. The summed E-state index contributed by atoms with van der Waals surface area (Å²) in [6, 6.07) is 0.240. The topological polar surface area (TPSA) is 103 Å². The maximum absolute atomic E-state index is 12.3. The molecule has 0 radical (unpaired) electrons. The number of aliphatic hydroxyl groups is 2. The van der Waals surface area contributed by atoms with E-state index in [1.807, 2.05) is 0 Å². The summed E-state index contributed by atoms with van der Waals surface area (Å²) in [5.74, 6) is -0.945. The van der Waals surface area contributed by atoms with Crippen LogP contribution in [0.5, 0.6) is 0 Å². The number of nitrogens with one attached hydrogen (secondary N) is 1. The molecule has 2 amide bonds. The lowest BCUT2D eigenvalue weighted by Crippen LogP contribution is -2.51. The van der Waals surface area contributed by atoms with E-state index in [0.29, 0.717) is 0 Å². The fourth-order valence-electron chi connectivity index (χ4n) is 2.25. The van der Waals surface area contributed by atoms with Crippen LogP contribution in [0.3, 0.4) is 0 Å². The van der Waals surface area contributed by atoms with Gasteiger partial charge in [0.05, 0.1) is 18.4 Å². The van der Waals surface area contributed by atoms with Gasteiger partial charge in [0.25, 0.3) is 5.91 Å². The Balaban J connectivity index is 2.21. The second-order valence-corrected chi connectivity index (χ2v) is 5.14. The molecule has 0 bridgehead atoms. The average molecular weight is 282 g/mol. The molecule has 2 heterocycles. The van der Waals surface area contributed by atoms with Gasteiger partial charge in [-0.3, -0.25) is 9.59 Å². The van der Waals surface area contributed by atoms with Gasteiger partial charge in [-0.15, -0.1) is 0 Å². The van der Waals surface area contributed by atoms with Gasteiger partial charge in [0.2, 0.25) is 5.91 Å². The number of amides is 2. The first-order chi connectivity index (χ1) is 9.41. The van der Waals surface area contributed by atoms with Crippen molar-refractivity contribution in [3.63, 3.8) is 0 Å². The number of rotatable bonds is 3. The fraction of sp³-hybridized carbons (Fsp3) is 0.538. The Kier molecular flexibility index (Phi) is 4.10. The molecule has 2 rings (SSSR count). The van der Waals surface area contributed by atoms with Crippen molar-refractivity contribution in [2.45, 2.75) is 38.1 Å². The van der Waals surface area contributed by atoms with Gasteiger partial charge < -0.3 is 24.8 Å². The lowest BCUT2D eigenvalue weighted by molar-refractivity contribution is -0.128. The predicted molar refractivity (Wildman–Crippen MR) is 68.8 cm³/mol. The number of carbonyl (C=O) groups is 2. The molecule has 0 saturated carbocycles. The van der Waals surface area contributed by atoms with E-state index >= 15 is 0 Å². The molecule has 1 aromatic heterocycles. The Bertz CT molecular complexity index is 485. The molecule has 0 spiro atoms. The lowest BCUT2D eigenvalue weighted by Gasteiger charge is -2.25. The number of aliphatic hydroxyl groups excluding tert-OH is 2. The van der Waals surface area contributed by atoms with Crippen LogP contribution in [-0.4, -0.2) is 57.8 Å². The van der Waals surface area contributed by atoms with Crippen LogP contribution >= 0.6 is 0 Å². The molecular weight excluding hydrogens is 264 g/mol. The van der Waals surface area contributed by atoms with Crippen molar-refractivity contribution >= 4 is 11.8 Å². The highest BCUT2D eigenvalue weighted by molar-refractivity contribution is 5.98. The summed E-state index contributed by atoms with van der Waals surface area (Å²) >= 11 is 0. The van der Waals surface area contributed by atoms with Crippen molar-refractivity contribution in [1.82, 2.24) is 10.2 Å². The molecule has 0 aliphatic carbocycles. The third-order valence-electron chi connectivity index (χ3n) is 3.17. The molecular formula is C13H18N2O5. The highest BCUT2D eigenvalue weighted by atomic mass is 16.3. The van der Waals surface area contributed by atoms with Crippen LogP contribution in [0.1, 0.15) is 24.2 Å². The van der Waals surface area contributed by atoms with Gasteiger partial charge in [0.15, 0.2) is 0 Å². The van der Waals surface area contributed by atoms with Crippen LogP contribution in [0.15, 0.2) is 23.0 Å². The number of nitrogens with zero attached hydrogens (tertiary/aromatic N) is 1. The van der Waals surface area contributed by atoms with E-state index in [0.717, 1.165) is 4.90 Å². The van der Waals surface area contributed by atoms with Gasteiger partial charge in [0.1, 0.15) is 24.5 Å². The second-order valence-electron chi connectivity index (χ2n) is 5.14. The Morgan fingerprint density at radius 1 is 1.45 bits per heavy atom. The van der Waals surface area contributed by atoms with Crippen LogP contribution in [0.25, 0.3) is 0 Å². The lowest BCUT2D eigenvalue weighted by atomic mass is 10.1. The maximum Gasteiger partial charge on any atom is 0.257 e. The van der Waals surface area contributed by atoms with Gasteiger partial charge in [-0.25, -0.2) is 0 Å². The summed E-state index contributed by atoms with van der Waals surface area (Å²) in [6.07, 6.45) is 0.161. The SMILES string of the molecule is CC(C)NC(=O)[C@@H]1[C@H](O)[C@@H](O)CN1C(=O)c1ccoc1. The van der Waals surface area contributed by atoms with Crippen LogP contribution < -0.4 is 5.32 Å². The maximum atomic E-state index is 12.3. The van der Waals surface area contributed by atoms with Crippen molar-refractivity contribution in [2.24, 2.45) is 0 Å². The van der Waals surface area contributed by atoms with Gasteiger partial charge in [-0.1, -0.05) is 0 Å². The van der Waals surface area contributed by atoms with Crippen molar-refractivity contribution < 1.29 is 24.2 Å². The molecule has 1 aromatic rings. The monoisotopic (exact) mass is 282 g/mol. The Morgan fingerprint density at radius 3 is 2.70 bits per heavy atom. The second kappa shape index (κ2) is 5.64. The van der Waals surface area contributed by atoms with Gasteiger partial charge in [0, 0.05) is 6.04 Å². The van der Waals surface area contributed by atoms with Gasteiger partial charge in [-0.05, 0) is 19.9 Å². The molecule has 7 nitrogen and oxygen atoms in total. The van der Waals surface area contributed by atoms with E-state index in [9.17, 15) is 19.8 Å². The van der Waals surface area contributed by atoms with Crippen molar-refractivity contribution in [1.29, 1.82) is 0 Å². The Morgan fingerprint density at radius 2 is 2.15 bits per heavy atom. The summed E-state index contributed by atoms with van der Waals surface area (Å²) in [4.78, 5) is 25.5. The van der Waals surface area contributed by atoms with E-state index in [4.69, 9.17) is 4.42 Å². The number of furan rings is 1. The average Bonchev–Trinajstić information content (AvgIpc) is 2.97. The molecule has 1 saturated heterocycles. The van der Waals surface area contributed by atoms with E-state index < -0.39 is 30.1 Å².